The van der Waals surface area contributed by atoms with Crippen molar-refractivity contribution in [2.45, 2.75) is 31.2 Å². The Bertz CT molecular complexity index is 845. The SMILES string of the molecule is CCC(=O)Nc1ccc(S(=O)(=O)NCC(c2ccco2)N(C)C)c(C)c1. The number of hydrogen-bond donors (Lipinski definition) is 2. The van der Waals surface area contributed by atoms with Crippen LogP contribution in [0, 0.1) is 6.92 Å². The van der Waals surface area contributed by atoms with Gasteiger partial charge in [0, 0.05) is 18.7 Å². The summed E-state index contributed by atoms with van der Waals surface area (Å²) in [6, 6.07) is 8.11. The standard InChI is InChI=1S/C18H25N3O4S/c1-5-18(22)20-14-8-9-17(13(2)11-14)26(23,24)19-12-15(21(3)4)16-7-6-10-25-16/h6-11,15,19H,5,12H2,1-4H3,(H,20,22). The van der Waals surface area contributed by atoms with Gasteiger partial charge in [-0.05, 0) is 56.9 Å². The van der Waals surface area contributed by atoms with Crippen LogP contribution >= 0.6 is 0 Å². The minimum atomic E-state index is -3.69. The summed E-state index contributed by atoms with van der Waals surface area (Å²) in [5.74, 6) is 0.567. The second-order valence-corrected chi connectivity index (χ2v) is 7.96. The lowest BCUT2D eigenvalue weighted by Gasteiger charge is -2.22. The van der Waals surface area contributed by atoms with Gasteiger partial charge < -0.3 is 9.73 Å². The third-order valence-corrected chi connectivity index (χ3v) is 5.61. The summed E-state index contributed by atoms with van der Waals surface area (Å²) in [5.41, 5.74) is 1.14. The number of benzene rings is 1. The fourth-order valence-corrected chi connectivity index (χ4v) is 3.83. The Labute approximate surface area is 154 Å². The van der Waals surface area contributed by atoms with Crippen LogP contribution in [-0.2, 0) is 14.8 Å². The molecule has 0 spiro atoms. The Balaban J connectivity index is 2.15. The van der Waals surface area contributed by atoms with E-state index in [1.165, 1.54) is 6.07 Å². The van der Waals surface area contributed by atoms with Crippen LogP contribution in [0.5, 0.6) is 0 Å². The lowest BCUT2D eigenvalue weighted by Crippen LogP contribution is -2.34. The van der Waals surface area contributed by atoms with E-state index in [2.05, 4.69) is 10.0 Å². The summed E-state index contributed by atoms with van der Waals surface area (Å²) in [5, 5.41) is 2.72. The van der Waals surface area contributed by atoms with Gasteiger partial charge in [0.15, 0.2) is 0 Å². The number of sulfonamides is 1. The van der Waals surface area contributed by atoms with Crippen LogP contribution in [0.2, 0.25) is 0 Å². The second kappa shape index (κ2) is 8.48. The molecule has 1 aromatic heterocycles. The molecule has 0 bridgehead atoms. The Kier molecular flexibility index (Phi) is 6.57. The number of furan rings is 1. The molecule has 0 aliphatic rings. The van der Waals surface area contributed by atoms with Crippen molar-refractivity contribution in [3.8, 4) is 0 Å². The van der Waals surface area contributed by atoms with Gasteiger partial charge in [-0.1, -0.05) is 6.92 Å². The second-order valence-electron chi connectivity index (χ2n) is 6.23. The van der Waals surface area contributed by atoms with E-state index in [0.29, 0.717) is 23.4 Å². The fraction of sp³-hybridized carbons (Fsp3) is 0.389. The monoisotopic (exact) mass is 379 g/mol. The summed E-state index contributed by atoms with van der Waals surface area (Å²) < 4.78 is 33.4. The lowest BCUT2D eigenvalue weighted by atomic mass is 10.2. The zero-order chi connectivity index (χ0) is 19.3. The van der Waals surface area contributed by atoms with Crippen molar-refractivity contribution in [2.24, 2.45) is 0 Å². The first-order chi connectivity index (χ1) is 12.2. The molecule has 0 fully saturated rings. The molecule has 0 saturated carbocycles. The Morgan fingerprint density at radius 3 is 2.54 bits per heavy atom. The van der Waals surface area contributed by atoms with Gasteiger partial charge in [0.1, 0.15) is 5.76 Å². The number of amides is 1. The first-order valence-corrected chi connectivity index (χ1v) is 9.83. The van der Waals surface area contributed by atoms with E-state index >= 15 is 0 Å². The molecule has 0 saturated heterocycles. The quantitative estimate of drug-likeness (QED) is 0.735. The Morgan fingerprint density at radius 1 is 1.27 bits per heavy atom. The fourth-order valence-electron chi connectivity index (χ4n) is 2.56. The van der Waals surface area contributed by atoms with Gasteiger partial charge >= 0.3 is 0 Å². The average Bonchev–Trinajstić information content (AvgIpc) is 3.08. The van der Waals surface area contributed by atoms with Crippen molar-refractivity contribution in [3.05, 3.63) is 47.9 Å². The summed E-state index contributed by atoms with van der Waals surface area (Å²) in [6.07, 6.45) is 1.92. The van der Waals surface area contributed by atoms with Gasteiger partial charge in [0.25, 0.3) is 0 Å². The third-order valence-electron chi connectivity index (χ3n) is 4.03. The molecule has 8 heteroatoms. The average molecular weight is 379 g/mol. The minimum Gasteiger partial charge on any atom is -0.468 e. The number of rotatable bonds is 8. The van der Waals surface area contributed by atoms with Gasteiger partial charge in [0.2, 0.25) is 15.9 Å². The van der Waals surface area contributed by atoms with Gasteiger partial charge in [0.05, 0.1) is 17.2 Å². The lowest BCUT2D eigenvalue weighted by molar-refractivity contribution is -0.115. The van der Waals surface area contributed by atoms with Gasteiger partial charge in [-0.15, -0.1) is 0 Å². The van der Waals surface area contributed by atoms with Crippen molar-refractivity contribution in [1.82, 2.24) is 9.62 Å². The van der Waals surface area contributed by atoms with E-state index in [9.17, 15) is 13.2 Å². The van der Waals surface area contributed by atoms with Crippen LogP contribution in [0.25, 0.3) is 0 Å². The van der Waals surface area contributed by atoms with Crippen molar-refractivity contribution in [2.75, 3.05) is 26.0 Å². The van der Waals surface area contributed by atoms with Crippen LogP contribution in [0.15, 0.2) is 45.9 Å². The minimum absolute atomic E-state index is 0.120. The number of carbonyl (C=O) groups excluding carboxylic acids is 1. The van der Waals surface area contributed by atoms with E-state index in [-0.39, 0.29) is 23.4 Å². The molecule has 0 aliphatic carbocycles. The molecule has 2 aromatic rings. The first kappa shape index (κ1) is 20.2. The maximum atomic E-state index is 12.7. The van der Waals surface area contributed by atoms with Crippen LogP contribution in [0.1, 0.15) is 30.7 Å². The highest BCUT2D eigenvalue weighted by atomic mass is 32.2. The number of nitrogens with one attached hydrogen (secondary N) is 2. The van der Waals surface area contributed by atoms with Crippen LogP contribution < -0.4 is 10.0 Å². The van der Waals surface area contributed by atoms with Crippen molar-refractivity contribution in [1.29, 1.82) is 0 Å². The molecular weight excluding hydrogens is 354 g/mol. The number of carbonyl (C=O) groups is 1. The summed E-state index contributed by atoms with van der Waals surface area (Å²) in [7, 11) is 0.0257. The molecule has 0 radical (unpaired) electrons. The zero-order valence-corrected chi connectivity index (χ0v) is 16.3. The molecular formula is C18H25N3O4S. The predicted octanol–water partition coefficient (Wildman–Crippen LogP) is 2.52. The number of likely N-dealkylation sites (N-methyl/N-ethyl adjacent to an activating group) is 1. The number of anilines is 1. The molecule has 142 valence electrons. The largest absolute Gasteiger partial charge is 0.468 e. The number of hydrogen-bond acceptors (Lipinski definition) is 5. The molecule has 1 aromatic carbocycles. The van der Waals surface area contributed by atoms with Gasteiger partial charge in [-0.2, -0.15) is 0 Å². The first-order valence-electron chi connectivity index (χ1n) is 8.34. The van der Waals surface area contributed by atoms with Crippen molar-refractivity contribution >= 4 is 21.6 Å². The topological polar surface area (TPSA) is 91.6 Å². The van der Waals surface area contributed by atoms with Crippen molar-refractivity contribution in [3.63, 3.8) is 0 Å². The normalized spacial score (nSPS) is 13.0. The zero-order valence-electron chi connectivity index (χ0n) is 15.4. The number of aryl methyl sites for hydroxylation is 1. The van der Waals surface area contributed by atoms with E-state index in [0.717, 1.165) is 0 Å². The highest BCUT2D eigenvalue weighted by Crippen LogP contribution is 2.22. The molecule has 1 atom stereocenters. The molecule has 2 rings (SSSR count). The summed E-state index contributed by atoms with van der Waals surface area (Å²) >= 11 is 0. The maximum Gasteiger partial charge on any atom is 0.240 e. The molecule has 1 heterocycles. The van der Waals surface area contributed by atoms with E-state index < -0.39 is 10.0 Å². The number of nitrogens with zero attached hydrogens (tertiary/aromatic N) is 1. The van der Waals surface area contributed by atoms with Crippen LogP contribution in [0.3, 0.4) is 0 Å². The molecule has 7 nitrogen and oxygen atoms in total. The highest BCUT2D eigenvalue weighted by molar-refractivity contribution is 7.89. The van der Waals surface area contributed by atoms with Crippen LogP contribution in [0.4, 0.5) is 5.69 Å². The van der Waals surface area contributed by atoms with E-state index in [1.54, 1.807) is 38.3 Å². The van der Waals surface area contributed by atoms with E-state index in [1.807, 2.05) is 25.1 Å². The smallest absolute Gasteiger partial charge is 0.240 e. The van der Waals surface area contributed by atoms with Crippen LogP contribution in [-0.4, -0.2) is 39.9 Å². The predicted molar refractivity (Wildman–Crippen MR) is 100 cm³/mol. The van der Waals surface area contributed by atoms with Crippen molar-refractivity contribution < 1.29 is 17.6 Å². The maximum absolute atomic E-state index is 12.7. The van der Waals surface area contributed by atoms with E-state index in [4.69, 9.17) is 4.42 Å². The third kappa shape index (κ3) is 4.94. The Morgan fingerprint density at radius 2 is 2.00 bits per heavy atom. The van der Waals surface area contributed by atoms with Gasteiger partial charge in [-0.25, -0.2) is 13.1 Å². The molecule has 1 unspecified atom stereocenters. The molecule has 1 amide bonds. The highest BCUT2D eigenvalue weighted by Gasteiger charge is 2.22. The van der Waals surface area contributed by atoms with Gasteiger partial charge in [-0.3, -0.25) is 9.69 Å². The summed E-state index contributed by atoms with van der Waals surface area (Å²) in [6.45, 7) is 3.63. The molecule has 2 N–H and O–H groups in total. The Hall–Kier alpha value is -2.16. The molecule has 26 heavy (non-hydrogen) atoms. The summed E-state index contributed by atoms with van der Waals surface area (Å²) in [4.78, 5) is 13.5. The molecule has 0 aliphatic heterocycles.